The van der Waals surface area contributed by atoms with Gasteiger partial charge >= 0.3 is 0 Å². The number of hydrogen-bond donors (Lipinski definition) is 1. The minimum absolute atomic E-state index is 0.0361. The molecule has 1 fully saturated rings. The Morgan fingerprint density at radius 3 is 2.82 bits per heavy atom. The van der Waals surface area contributed by atoms with Crippen molar-refractivity contribution in [3.8, 4) is 6.07 Å². The summed E-state index contributed by atoms with van der Waals surface area (Å²) in [4.78, 5) is 12.6. The van der Waals surface area contributed by atoms with Gasteiger partial charge in [0.1, 0.15) is 11.6 Å². The molecule has 2 heterocycles. The molecule has 0 bridgehead atoms. The second-order valence-electron chi connectivity index (χ2n) is 7.18. The fraction of sp³-hybridized carbons (Fsp3) is 0.364. The molecule has 3 rings (SSSR count). The maximum absolute atomic E-state index is 12.6. The molecular weight excluding hydrogens is 374 g/mol. The zero-order valence-electron chi connectivity index (χ0n) is 16.4. The minimum atomic E-state index is -0.475. The summed E-state index contributed by atoms with van der Waals surface area (Å²) in [6.45, 7) is 7.55. The number of halogens is 1. The van der Waals surface area contributed by atoms with Crippen molar-refractivity contribution in [1.29, 1.82) is 5.26 Å². The number of amides is 1. The van der Waals surface area contributed by atoms with Gasteiger partial charge in [0.05, 0.1) is 16.8 Å². The van der Waals surface area contributed by atoms with Crippen LogP contribution in [-0.4, -0.2) is 23.2 Å². The molecule has 1 N–H and O–H groups in total. The Morgan fingerprint density at radius 1 is 1.39 bits per heavy atom. The van der Waals surface area contributed by atoms with Crippen molar-refractivity contribution in [3.63, 3.8) is 0 Å². The van der Waals surface area contributed by atoms with E-state index in [4.69, 9.17) is 16.3 Å². The molecule has 0 aliphatic carbocycles. The van der Waals surface area contributed by atoms with Crippen molar-refractivity contribution in [2.24, 2.45) is 0 Å². The normalized spacial score (nSPS) is 16.8. The molecule has 5 nitrogen and oxygen atoms in total. The zero-order chi connectivity index (χ0) is 20.3. The number of ether oxygens (including phenoxy) is 1. The number of carbonyl (C=O) groups excluding carboxylic acids is 1. The summed E-state index contributed by atoms with van der Waals surface area (Å²) in [5.41, 5.74) is 4.48. The molecule has 0 saturated carbocycles. The highest BCUT2D eigenvalue weighted by molar-refractivity contribution is 6.34. The highest BCUT2D eigenvalue weighted by Gasteiger charge is 2.19. The van der Waals surface area contributed by atoms with Gasteiger partial charge < -0.3 is 14.6 Å². The predicted octanol–water partition coefficient (Wildman–Crippen LogP) is 4.79. The SMILES string of the molecule is Cc1ccc(NC(=O)C(C#N)=Cc2cc(C)n(CC3CCCO3)c2C)c(Cl)c1. The van der Waals surface area contributed by atoms with Gasteiger partial charge in [-0.15, -0.1) is 0 Å². The van der Waals surface area contributed by atoms with Crippen LogP contribution in [-0.2, 0) is 16.1 Å². The molecule has 1 unspecified atom stereocenters. The number of nitrogens with zero attached hydrogens (tertiary/aromatic N) is 2. The van der Waals surface area contributed by atoms with Crippen molar-refractivity contribution >= 4 is 29.3 Å². The molecule has 1 atom stereocenters. The van der Waals surface area contributed by atoms with Gasteiger partial charge in [0.25, 0.3) is 5.91 Å². The Morgan fingerprint density at radius 2 is 2.18 bits per heavy atom. The van der Waals surface area contributed by atoms with Gasteiger partial charge in [0.15, 0.2) is 0 Å². The second kappa shape index (κ2) is 8.64. The first kappa shape index (κ1) is 20.2. The van der Waals surface area contributed by atoms with Crippen LogP contribution in [0.25, 0.3) is 6.08 Å². The number of nitriles is 1. The molecular formula is C22H24ClN3O2. The van der Waals surface area contributed by atoms with Crippen molar-refractivity contribution in [1.82, 2.24) is 4.57 Å². The summed E-state index contributed by atoms with van der Waals surface area (Å²) < 4.78 is 7.92. The first-order valence-corrected chi connectivity index (χ1v) is 9.74. The van der Waals surface area contributed by atoms with Gasteiger partial charge in [-0.1, -0.05) is 17.7 Å². The highest BCUT2D eigenvalue weighted by Crippen LogP contribution is 2.25. The Labute approximate surface area is 170 Å². The Bertz CT molecular complexity index is 963. The van der Waals surface area contributed by atoms with Crippen LogP contribution in [0.1, 0.15) is 35.4 Å². The number of rotatable bonds is 5. The van der Waals surface area contributed by atoms with E-state index >= 15 is 0 Å². The summed E-state index contributed by atoms with van der Waals surface area (Å²) in [6.07, 6.45) is 4.01. The number of hydrogen-bond acceptors (Lipinski definition) is 3. The Balaban J connectivity index is 1.82. The summed E-state index contributed by atoms with van der Waals surface area (Å²) in [5.74, 6) is -0.475. The van der Waals surface area contributed by atoms with E-state index in [1.165, 1.54) is 0 Å². The first-order chi connectivity index (χ1) is 13.4. The van der Waals surface area contributed by atoms with Crippen LogP contribution in [0.3, 0.4) is 0 Å². The van der Waals surface area contributed by atoms with Crippen LogP contribution in [0, 0.1) is 32.1 Å². The number of benzene rings is 1. The van der Waals surface area contributed by atoms with Crippen LogP contribution in [0.5, 0.6) is 0 Å². The maximum atomic E-state index is 12.6. The number of aryl methyl sites for hydroxylation is 2. The molecule has 28 heavy (non-hydrogen) atoms. The molecule has 1 aromatic heterocycles. The molecule has 0 spiro atoms. The van der Waals surface area contributed by atoms with Crippen molar-refractivity contribution in [3.05, 3.63) is 57.4 Å². The average Bonchev–Trinajstić information content (AvgIpc) is 3.26. The number of carbonyl (C=O) groups is 1. The first-order valence-electron chi connectivity index (χ1n) is 9.36. The molecule has 1 amide bonds. The monoisotopic (exact) mass is 397 g/mol. The fourth-order valence-electron chi connectivity index (χ4n) is 3.46. The van der Waals surface area contributed by atoms with Crippen LogP contribution >= 0.6 is 11.6 Å². The zero-order valence-corrected chi connectivity index (χ0v) is 17.1. The largest absolute Gasteiger partial charge is 0.376 e. The Kier molecular flexibility index (Phi) is 6.23. The lowest BCUT2D eigenvalue weighted by Crippen LogP contribution is -2.17. The Hall–Kier alpha value is -2.55. The quantitative estimate of drug-likeness (QED) is 0.582. The van der Waals surface area contributed by atoms with E-state index < -0.39 is 5.91 Å². The lowest BCUT2D eigenvalue weighted by molar-refractivity contribution is -0.112. The minimum Gasteiger partial charge on any atom is -0.376 e. The molecule has 1 saturated heterocycles. The molecule has 0 radical (unpaired) electrons. The van der Waals surface area contributed by atoms with E-state index in [0.717, 1.165) is 48.5 Å². The molecule has 1 aromatic carbocycles. The molecule has 2 aromatic rings. The average molecular weight is 398 g/mol. The number of aromatic nitrogens is 1. The summed E-state index contributed by atoms with van der Waals surface area (Å²) >= 11 is 6.18. The van der Waals surface area contributed by atoms with Gasteiger partial charge in [-0.05, 0) is 69.0 Å². The van der Waals surface area contributed by atoms with Crippen LogP contribution in [0.15, 0.2) is 29.8 Å². The molecule has 146 valence electrons. The number of nitrogens with one attached hydrogen (secondary N) is 1. The van der Waals surface area contributed by atoms with E-state index in [2.05, 4.69) is 9.88 Å². The van der Waals surface area contributed by atoms with E-state index in [1.807, 2.05) is 39.0 Å². The van der Waals surface area contributed by atoms with Gasteiger partial charge in [0, 0.05) is 24.5 Å². The van der Waals surface area contributed by atoms with E-state index in [1.54, 1.807) is 18.2 Å². The molecule has 1 aliphatic heterocycles. The maximum Gasteiger partial charge on any atom is 0.266 e. The third-order valence-electron chi connectivity index (χ3n) is 5.06. The van der Waals surface area contributed by atoms with Gasteiger partial charge in [-0.25, -0.2) is 0 Å². The second-order valence-corrected chi connectivity index (χ2v) is 7.59. The topological polar surface area (TPSA) is 67.0 Å². The molecule has 6 heteroatoms. The van der Waals surface area contributed by atoms with Crippen LogP contribution in [0.4, 0.5) is 5.69 Å². The van der Waals surface area contributed by atoms with E-state index in [9.17, 15) is 10.1 Å². The lowest BCUT2D eigenvalue weighted by atomic mass is 10.1. The summed E-state index contributed by atoms with van der Waals surface area (Å²) in [7, 11) is 0. The van der Waals surface area contributed by atoms with Crippen LogP contribution in [0.2, 0.25) is 5.02 Å². The highest BCUT2D eigenvalue weighted by atomic mass is 35.5. The van der Waals surface area contributed by atoms with E-state index in [-0.39, 0.29) is 11.7 Å². The van der Waals surface area contributed by atoms with Crippen molar-refractivity contribution in [2.75, 3.05) is 11.9 Å². The third-order valence-corrected chi connectivity index (χ3v) is 5.37. The van der Waals surface area contributed by atoms with Crippen molar-refractivity contribution in [2.45, 2.75) is 46.3 Å². The molecule has 1 aliphatic rings. The summed E-state index contributed by atoms with van der Waals surface area (Å²) in [5, 5.41) is 12.7. The number of anilines is 1. The fourth-order valence-corrected chi connectivity index (χ4v) is 3.74. The van der Waals surface area contributed by atoms with Crippen molar-refractivity contribution < 1.29 is 9.53 Å². The third kappa shape index (κ3) is 4.46. The van der Waals surface area contributed by atoms with Gasteiger partial charge in [0.2, 0.25) is 0 Å². The van der Waals surface area contributed by atoms with Gasteiger partial charge in [-0.2, -0.15) is 5.26 Å². The smallest absolute Gasteiger partial charge is 0.266 e. The van der Waals surface area contributed by atoms with Gasteiger partial charge in [-0.3, -0.25) is 4.79 Å². The summed E-state index contributed by atoms with van der Waals surface area (Å²) in [6, 6.07) is 9.36. The lowest BCUT2D eigenvalue weighted by Gasteiger charge is -2.14. The van der Waals surface area contributed by atoms with Crippen LogP contribution < -0.4 is 5.32 Å². The predicted molar refractivity (Wildman–Crippen MR) is 111 cm³/mol. The van der Waals surface area contributed by atoms with E-state index in [0.29, 0.717) is 10.7 Å². The standard InChI is InChI=1S/C22H24ClN3O2/c1-14-6-7-21(20(23)9-14)25-22(27)18(12-24)11-17-10-15(2)26(16(17)3)13-19-5-4-8-28-19/h6-7,9-11,19H,4-5,8,13H2,1-3H3,(H,25,27).